The largest absolute Gasteiger partial charge is 0.461 e. The Bertz CT molecular complexity index is 434. The van der Waals surface area contributed by atoms with Gasteiger partial charge in [-0.1, -0.05) is 30.9 Å². The van der Waals surface area contributed by atoms with Crippen molar-refractivity contribution in [1.82, 2.24) is 0 Å². The molecule has 0 saturated heterocycles. The molecule has 18 heavy (non-hydrogen) atoms. The summed E-state index contributed by atoms with van der Waals surface area (Å²) in [5.41, 5.74) is -1.35. The lowest BCUT2D eigenvalue weighted by Crippen LogP contribution is -2.38. The number of rotatable bonds is 5. The average Bonchev–Trinajstić information content (AvgIpc) is 2.36. The Morgan fingerprint density at radius 1 is 1.22 bits per heavy atom. The van der Waals surface area contributed by atoms with Crippen LogP contribution in [-0.2, 0) is 14.3 Å². The highest BCUT2D eigenvalue weighted by molar-refractivity contribution is 5.99. The van der Waals surface area contributed by atoms with Crippen LogP contribution in [-0.4, -0.2) is 18.5 Å². The van der Waals surface area contributed by atoms with Gasteiger partial charge in [-0.05, 0) is 26.0 Å². The third-order valence-corrected chi connectivity index (χ3v) is 2.31. The first-order valence-corrected chi connectivity index (χ1v) is 5.54. The molecule has 0 aliphatic carbocycles. The molecule has 0 radical (unpaired) electrons. The molecule has 4 heteroatoms. The minimum Gasteiger partial charge on any atom is -0.461 e. The topological polar surface area (TPSA) is 52.6 Å². The highest BCUT2D eigenvalue weighted by Crippen LogP contribution is 2.21. The van der Waals surface area contributed by atoms with Crippen molar-refractivity contribution in [3.05, 3.63) is 43.0 Å². The number of para-hydroxylation sites is 1. The van der Waals surface area contributed by atoms with Crippen molar-refractivity contribution in [2.75, 3.05) is 6.61 Å². The van der Waals surface area contributed by atoms with Crippen LogP contribution in [0, 0.1) is 5.41 Å². The van der Waals surface area contributed by atoms with E-state index in [2.05, 4.69) is 6.58 Å². The second-order valence-corrected chi connectivity index (χ2v) is 4.21. The molecule has 4 nitrogen and oxygen atoms in total. The molecule has 0 aliphatic heterocycles. The second-order valence-electron chi connectivity index (χ2n) is 4.21. The lowest BCUT2D eigenvalue weighted by molar-refractivity contribution is -0.163. The van der Waals surface area contributed by atoms with Gasteiger partial charge in [-0.3, -0.25) is 9.59 Å². The monoisotopic (exact) mass is 248 g/mol. The molecule has 96 valence electrons. The first-order valence-electron chi connectivity index (χ1n) is 5.54. The Kier molecular flexibility index (Phi) is 4.66. The van der Waals surface area contributed by atoms with E-state index in [1.165, 1.54) is 19.9 Å². The van der Waals surface area contributed by atoms with E-state index in [1.807, 2.05) is 0 Å². The zero-order chi connectivity index (χ0) is 13.6. The van der Waals surface area contributed by atoms with Crippen molar-refractivity contribution in [1.29, 1.82) is 0 Å². The van der Waals surface area contributed by atoms with Crippen LogP contribution in [0.1, 0.15) is 13.8 Å². The van der Waals surface area contributed by atoms with Crippen molar-refractivity contribution in [3.8, 4) is 5.75 Å². The van der Waals surface area contributed by atoms with Crippen LogP contribution in [0.25, 0.3) is 0 Å². The van der Waals surface area contributed by atoms with Crippen LogP contribution in [0.15, 0.2) is 43.0 Å². The number of esters is 2. The zero-order valence-electron chi connectivity index (χ0n) is 10.5. The van der Waals surface area contributed by atoms with E-state index in [-0.39, 0.29) is 6.61 Å². The van der Waals surface area contributed by atoms with Crippen molar-refractivity contribution >= 4 is 11.9 Å². The Hall–Kier alpha value is -2.10. The highest BCUT2D eigenvalue weighted by Gasteiger charge is 2.39. The molecular formula is C14H16O4. The minimum atomic E-state index is -1.35. The van der Waals surface area contributed by atoms with Crippen molar-refractivity contribution in [3.63, 3.8) is 0 Å². The second kappa shape index (κ2) is 6.00. The van der Waals surface area contributed by atoms with Gasteiger partial charge in [0.05, 0.1) is 0 Å². The van der Waals surface area contributed by atoms with E-state index in [0.29, 0.717) is 5.75 Å². The van der Waals surface area contributed by atoms with Crippen LogP contribution >= 0.6 is 0 Å². The molecule has 0 atom stereocenters. The number of carbonyl (C=O) groups is 2. The number of carbonyl (C=O) groups excluding carboxylic acids is 2. The molecule has 0 fully saturated rings. The molecule has 0 saturated carbocycles. The zero-order valence-corrected chi connectivity index (χ0v) is 10.5. The summed E-state index contributed by atoms with van der Waals surface area (Å²) in [5.74, 6) is -0.891. The maximum absolute atomic E-state index is 11.9. The van der Waals surface area contributed by atoms with Gasteiger partial charge in [0.15, 0.2) is 5.41 Å². The summed E-state index contributed by atoms with van der Waals surface area (Å²) in [4.78, 5) is 23.6. The molecular weight excluding hydrogens is 232 g/mol. The maximum atomic E-state index is 11.9. The summed E-state index contributed by atoms with van der Waals surface area (Å²) in [5, 5.41) is 0. The molecule has 0 spiro atoms. The lowest BCUT2D eigenvalue weighted by atomic mass is 9.94. The van der Waals surface area contributed by atoms with Gasteiger partial charge in [-0.15, -0.1) is 0 Å². The number of ether oxygens (including phenoxy) is 2. The molecule has 0 amide bonds. The van der Waals surface area contributed by atoms with E-state index in [1.54, 1.807) is 30.3 Å². The van der Waals surface area contributed by atoms with Crippen molar-refractivity contribution in [2.45, 2.75) is 13.8 Å². The number of hydrogen-bond acceptors (Lipinski definition) is 4. The van der Waals surface area contributed by atoms with Gasteiger partial charge in [0.2, 0.25) is 0 Å². The standard InChI is InChI=1S/C14H16O4/c1-4-10-17-12(15)14(2,3)13(16)18-11-8-6-5-7-9-11/h4-9H,1,10H2,2-3H3. The van der Waals surface area contributed by atoms with Gasteiger partial charge in [-0.2, -0.15) is 0 Å². The Balaban J connectivity index is 2.70. The van der Waals surface area contributed by atoms with Crippen LogP contribution in [0.2, 0.25) is 0 Å². The fraction of sp³-hybridized carbons (Fsp3) is 0.286. The van der Waals surface area contributed by atoms with Crippen LogP contribution in [0.3, 0.4) is 0 Å². The normalized spacial score (nSPS) is 10.6. The molecule has 1 rings (SSSR count). The minimum absolute atomic E-state index is 0.0703. The van der Waals surface area contributed by atoms with Gasteiger partial charge in [0, 0.05) is 0 Å². The molecule has 0 bridgehead atoms. The molecule has 1 aromatic carbocycles. The fourth-order valence-electron chi connectivity index (χ4n) is 1.12. The summed E-state index contributed by atoms with van der Waals surface area (Å²) in [6.45, 7) is 6.43. The third kappa shape index (κ3) is 3.45. The first kappa shape index (κ1) is 14.0. The van der Waals surface area contributed by atoms with Crippen molar-refractivity contribution in [2.24, 2.45) is 5.41 Å². The molecule has 1 aromatic rings. The quantitative estimate of drug-likeness (QED) is 0.347. The van der Waals surface area contributed by atoms with Crippen LogP contribution < -0.4 is 4.74 Å². The smallest absolute Gasteiger partial charge is 0.328 e. The third-order valence-electron chi connectivity index (χ3n) is 2.31. The van der Waals surface area contributed by atoms with Gasteiger partial charge in [-0.25, -0.2) is 0 Å². The van der Waals surface area contributed by atoms with E-state index in [9.17, 15) is 9.59 Å². The summed E-state index contributed by atoms with van der Waals surface area (Å²) in [6, 6.07) is 8.57. The molecule has 0 unspecified atom stereocenters. The summed E-state index contributed by atoms with van der Waals surface area (Å²) in [7, 11) is 0. The van der Waals surface area contributed by atoms with Gasteiger partial charge in [0.1, 0.15) is 12.4 Å². The predicted molar refractivity (Wildman–Crippen MR) is 67.0 cm³/mol. The predicted octanol–water partition coefficient (Wildman–Crippen LogP) is 2.35. The fourth-order valence-corrected chi connectivity index (χ4v) is 1.12. The Labute approximate surface area is 106 Å². The SMILES string of the molecule is C=CCOC(=O)C(C)(C)C(=O)Oc1ccccc1. The van der Waals surface area contributed by atoms with Gasteiger partial charge < -0.3 is 9.47 Å². The van der Waals surface area contributed by atoms with E-state index in [4.69, 9.17) is 9.47 Å². The number of benzene rings is 1. The molecule has 0 aromatic heterocycles. The lowest BCUT2D eigenvalue weighted by Gasteiger charge is -2.20. The molecule has 0 heterocycles. The Morgan fingerprint density at radius 3 is 2.39 bits per heavy atom. The Morgan fingerprint density at radius 2 is 1.83 bits per heavy atom. The van der Waals surface area contributed by atoms with Gasteiger partial charge >= 0.3 is 11.9 Å². The molecule has 0 aliphatic rings. The first-order chi connectivity index (χ1) is 8.48. The maximum Gasteiger partial charge on any atom is 0.328 e. The summed E-state index contributed by atoms with van der Waals surface area (Å²) in [6.07, 6.45) is 1.44. The van der Waals surface area contributed by atoms with E-state index < -0.39 is 17.4 Å². The van der Waals surface area contributed by atoms with Gasteiger partial charge in [0.25, 0.3) is 0 Å². The summed E-state index contributed by atoms with van der Waals surface area (Å²) < 4.78 is 9.97. The average molecular weight is 248 g/mol. The van der Waals surface area contributed by atoms with Crippen LogP contribution in [0.5, 0.6) is 5.75 Å². The van der Waals surface area contributed by atoms with E-state index in [0.717, 1.165) is 0 Å². The highest BCUT2D eigenvalue weighted by atomic mass is 16.6. The summed E-state index contributed by atoms with van der Waals surface area (Å²) >= 11 is 0. The van der Waals surface area contributed by atoms with E-state index >= 15 is 0 Å². The molecule has 0 N–H and O–H groups in total. The number of hydrogen-bond donors (Lipinski definition) is 0. The van der Waals surface area contributed by atoms with Crippen LogP contribution in [0.4, 0.5) is 0 Å². The van der Waals surface area contributed by atoms with Crippen molar-refractivity contribution < 1.29 is 19.1 Å².